The molecule has 0 aromatic rings. The van der Waals surface area contributed by atoms with Gasteiger partial charge in [0.1, 0.15) is 0 Å². The largest absolute Gasteiger partial charge is 0.315 e. The molecule has 0 aromatic heterocycles. The monoisotopic (exact) mass is 185 g/mol. The Morgan fingerprint density at radius 1 is 1.00 bits per heavy atom. The molecule has 2 heteroatoms. The summed E-state index contributed by atoms with van der Waals surface area (Å²) in [7, 11) is 0. The van der Waals surface area contributed by atoms with Crippen molar-refractivity contribution in [2.24, 2.45) is 0 Å². The van der Waals surface area contributed by atoms with Gasteiger partial charge in [-0.05, 0) is 13.0 Å². The van der Waals surface area contributed by atoms with E-state index in [1.807, 2.05) is 0 Å². The van der Waals surface area contributed by atoms with Crippen molar-refractivity contribution in [2.75, 3.05) is 19.6 Å². The van der Waals surface area contributed by atoms with E-state index >= 15 is 0 Å². The molecule has 0 atom stereocenters. The molecule has 0 spiro atoms. The van der Waals surface area contributed by atoms with Crippen LogP contribution in [0.15, 0.2) is 0 Å². The Hall–Kier alpha value is -0.0800. The van der Waals surface area contributed by atoms with Crippen molar-refractivity contribution >= 4 is 0 Å². The fraction of sp³-hybridized carbons (Fsp3) is 0.909. The first-order valence-electron chi connectivity index (χ1n) is 5.50. The summed E-state index contributed by atoms with van der Waals surface area (Å²) in [4.78, 5) is 0. The quantitative estimate of drug-likeness (QED) is 0.537. The zero-order valence-corrected chi connectivity index (χ0v) is 9.23. The molecule has 0 heterocycles. The lowest BCUT2D eigenvalue weighted by Crippen LogP contribution is -2.31. The van der Waals surface area contributed by atoms with E-state index in [1.165, 1.54) is 19.3 Å². The van der Waals surface area contributed by atoms with Gasteiger partial charge in [-0.3, -0.25) is 0 Å². The van der Waals surface area contributed by atoms with Crippen LogP contribution in [0, 0.1) is 6.92 Å². The summed E-state index contributed by atoms with van der Waals surface area (Å²) in [6, 6.07) is 0.605. The molecule has 0 saturated carbocycles. The van der Waals surface area contributed by atoms with E-state index in [0.717, 1.165) is 26.1 Å². The minimum atomic E-state index is 0.605. The Balaban J connectivity index is 2.84. The third kappa shape index (κ3) is 11.9. The van der Waals surface area contributed by atoms with Crippen molar-refractivity contribution in [1.29, 1.82) is 0 Å². The lowest BCUT2D eigenvalue weighted by molar-refractivity contribution is 0.542. The van der Waals surface area contributed by atoms with Gasteiger partial charge in [-0.2, -0.15) is 0 Å². The molecule has 0 saturated heterocycles. The smallest absolute Gasteiger partial charge is 0.00790 e. The first-order valence-corrected chi connectivity index (χ1v) is 5.50. The first-order chi connectivity index (χ1) is 6.27. The Morgan fingerprint density at radius 3 is 2.38 bits per heavy atom. The van der Waals surface area contributed by atoms with E-state index in [1.54, 1.807) is 0 Å². The molecule has 79 valence electrons. The van der Waals surface area contributed by atoms with Gasteiger partial charge >= 0.3 is 0 Å². The second-order valence-corrected chi connectivity index (χ2v) is 3.77. The van der Waals surface area contributed by atoms with Gasteiger partial charge in [0.2, 0.25) is 0 Å². The van der Waals surface area contributed by atoms with Crippen molar-refractivity contribution in [1.82, 2.24) is 10.6 Å². The van der Waals surface area contributed by atoms with Gasteiger partial charge in [0, 0.05) is 19.1 Å². The fourth-order valence-corrected chi connectivity index (χ4v) is 1.18. The van der Waals surface area contributed by atoms with E-state index in [0.29, 0.717) is 6.04 Å². The standard InChI is InChI=1S/C11H25N2/c1-4-5-6-7-8-12-9-10-13-11(2)3/h11-13H,1,4-10H2,2-3H3. The predicted octanol–water partition coefficient (Wildman–Crippen LogP) is 1.97. The Labute approximate surface area is 83.5 Å². The van der Waals surface area contributed by atoms with Crippen LogP contribution >= 0.6 is 0 Å². The summed E-state index contributed by atoms with van der Waals surface area (Å²) in [5.74, 6) is 0. The molecule has 0 fully saturated rings. The highest BCUT2D eigenvalue weighted by Crippen LogP contribution is 1.96. The second-order valence-electron chi connectivity index (χ2n) is 3.77. The highest BCUT2D eigenvalue weighted by molar-refractivity contribution is 4.55. The molecule has 0 aliphatic heterocycles. The topological polar surface area (TPSA) is 24.1 Å². The Bertz CT molecular complexity index is 92.1. The third-order valence-electron chi connectivity index (χ3n) is 1.96. The van der Waals surface area contributed by atoms with Crippen molar-refractivity contribution in [3.63, 3.8) is 0 Å². The summed E-state index contributed by atoms with van der Waals surface area (Å²) < 4.78 is 0. The summed E-state index contributed by atoms with van der Waals surface area (Å²) in [6.07, 6.45) is 4.95. The molecule has 0 bridgehead atoms. The average molecular weight is 185 g/mol. The van der Waals surface area contributed by atoms with E-state index in [2.05, 4.69) is 31.4 Å². The molecule has 0 unspecified atom stereocenters. The summed E-state index contributed by atoms with van der Waals surface area (Å²) in [6.45, 7) is 11.5. The van der Waals surface area contributed by atoms with E-state index in [4.69, 9.17) is 0 Å². The predicted molar refractivity (Wildman–Crippen MR) is 59.8 cm³/mol. The maximum Gasteiger partial charge on any atom is 0.00790 e. The van der Waals surface area contributed by atoms with E-state index in [9.17, 15) is 0 Å². The highest BCUT2D eigenvalue weighted by atomic mass is 14.9. The Morgan fingerprint density at radius 2 is 1.77 bits per heavy atom. The molecule has 2 N–H and O–H groups in total. The van der Waals surface area contributed by atoms with Crippen molar-refractivity contribution in [3.05, 3.63) is 6.92 Å². The minimum Gasteiger partial charge on any atom is -0.315 e. The van der Waals surface area contributed by atoms with Gasteiger partial charge in [-0.25, -0.2) is 0 Å². The van der Waals surface area contributed by atoms with E-state index < -0.39 is 0 Å². The van der Waals surface area contributed by atoms with Gasteiger partial charge in [0.15, 0.2) is 0 Å². The maximum atomic E-state index is 3.82. The number of nitrogens with one attached hydrogen (secondary N) is 2. The van der Waals surface area contributed by atoms with Crippen LogP contribution in [0.25, 0.3) is 0 Å². The average Bonchev–Trinajstić information content (AvgIpc) is 2.09. The number of hydrogen-bond donors (Lipinski definition) is 2. The number of hydrogen-bond acceptors (Lipinski definition) is 2. The molecule has 2 nitrogen and oxygen atoms in total. The molecule has 0 rings (SSSR count). The third-order valence-corrected chi connectivity index (χ3v) is 1.96. The molecule has 0 aliphatic carbocycles. The molecule has 0 aromatic carbocycles. The zero-order valence-electron chi connectivity index (χ0n) is 9.23. The lowest BCUT2D eigenvalue weighted by atomic mass is 10.2. The first kappa shape index (κ1) is 12.9. The summed E-state index contributed by atoms with van der Waals surface area (Å²) >= 11 is 0. The molecule has 1 radical (unpaired) electrons. The van der Waals surface area contributed by atoms with Crippen LogP contribution < -0.4 is 10.6 Å². The van der Waals surface area contributed by atoms with Crippen LogP contribution in [0.5, 0.6) is 0 Å². The van der Waals surface area contributed by atoms with E-state index in [-0.39, 0.29) is 0 Å². The molecular weight excluding hydrogens is 160 g/mol. The van der Waals surface area contributed by atoms with Crippen LogP contribution in [0.4, 0.5) is 0 Å². The maximum absolute atomic E-state index is 3.82. The van der Waals surface area contributed by atoms with Crippen molar-refractivity contribution in [2.45, 2.75) is 45.6 Å². The fourth-order valence-electron chi connectivity index (χ4n) is 1.18. The molecular formula is C11H25N2. The molecule has 13 heavy (non-hydrogen) atoms. The van der Waals surface area contributed by atoms with Crippen molar-refractivity contribution < 1.29 is 0 Å². The van der Waals surface area contributed by atoms with Crippen LogP contribution in [0.3, 0.4) is 0 Å². The summed E-state index contributed by atoms with van der Waals surface area (Å²) in [5, 5.41) is 6.79. The van der Waals surface area contributed by atoms with Crippen molar-refractivity contribution in [3.8, 4) is 0 Å². The van der Waals surface area contributed by atoms with Gasteiger partial charge in [-0.15, -0.1) is 0 Å². The van der Waals surface area contributed by atoms with Crippen LogP contribution in [-0.4, -0.2) is 25.7 Å². The normalized spacial score (nSPS) is 11.1. The lowest BCUT2D eigenvalue weighted by Gasteiger charge is -2.08. The second kappa shape index (κ2) is 10.0. The van der Waals surface area contributed by atoms with Gasteiger partial charge < -0.3 is 10.6 Å². The van der Waals surface area contributed by atoms with Crippen LogP contribution in [0.2, 0.25) is 0 Å². The molecule has 0 aliphatic rings. The minimum absolute atomic E-state index is 0.605. The highest BCUT2D eigenvalue weighted by Gasteiger charge is 1.91. The summed E-state index contributed by atoms with van der Waals surface area (Å²) in [5.41, 5.74) is 0. The van der Waals surface area contributed by atoms with Gasteiger partial charge in [-0.1, -0.05) is 40.0 Å². The zero-order chi connectivity index (χ0) is 9.94. The Kier molecular flexibility index (Phi) is 9.94. The van der Waals surface area contributed by atoms with Crippen LogP contribution in [0.1, 0.15) is 39.5 Å². The number of unbranched alkanes of at least 4 members (excludes halogenated alkanes) is 3. The van der Waals surface area contributed by atoms with Crippen LogP contribution in [-0.2, 0) is 0 Å². The molecule has 0 amide bonds. The number of rotatable bonds is 9. The van der Waals surface area contributed by atoms with Gasteiger partial charge in [0.05, 0.1) is 0 Å². The SMILES string of the molecule is [CH2]CCCCCNCCNC(C)C. The van der Waals surface area contributed by atoms with Gasteiger partial charge in [0.25, 0.3) is 0 Å².